The molecule has 3 amide bonds. The van der Waals surface area contributed by atoms with Crippen LogP contribution in [0.4, 0.5) is 10.5 Å². The van der Waals surface area contributed by atoms with Crippen LogP contribution in [0.25, 0.3) is 0 Å². The van der Waals surface area contributed by atoms with Crippen molar-refractivity contribution in [1.82, 2.24) is 5.32 Å². The Kier molecular flexibility index (Phi) is 6.52. The van der Waals surface area contributed by atoms with Gasteiger partial charge in [-0.3, -0.25) is 4.79 Å². The van der Waals surface area contributed by atoms with Crippen LogP contribution in [0.15, 0.2) is 53.4 Å². The molecular weight excluding hydrogens is 346 g/mol. The maximum Gasteiger partial charge on any atom is 0.316 e. The fourth-order valence-electron chi connectivity index (χ4n) is 2.02. The highest BCUT2D eigenvalue weighted by Gasteiger charge is 2.15. The second-order valence-corrected chi connectivity index (χ2v) is 6.89. The van der Waals surface area contributed by atoms with Crippen LogP contribution in [-0.4, -0.2) is 17.2 Å². The summed E-state index contributed by atoms with van der Waals surface area (Å²) in [5.41, 5.74) is 6.54. The lowest BCUT2D eigenvalue weighted by atomic mass is 10.2. The average molecular weight is 364 g/mol. The zero-order chi connectivity index (χ0) is 17.5. The minimum Gasteiger partial charge on any atom is -0.351 e. The molecule has 0 bridgehead atoms. The molecule has 126 valence electrons. The van der Waals surface area contributed by atoms with Crippen molar-refractivity contribution in [3.05, 3.63) is 59.1 Å². The van der Waals surface area contributed by atoms with E-state index in [1.165, 1.54) is 11.8 Å². The molecule has 2 aromatic carbocycles. The Morgan fingerprint density at radius 2 is 1.96 bits per heavy atom. The highest BCUT2D eigenvalue weighted by molar-refractivity contribution is 8.00. The lowest BCUT2D eigenvalue weighted by Gasteiger charge is -2.13. The Hall–Kier alpha value is -2.18. The molecule has 0 saturated heterocycles. The van der Waals surface area contributed by atoms with Gasteiger partial charge in [-0.1, -0.05) is 35.9 Å². The van der Waals surface area contributed by atoms with E-state index in [2.05, 4.69) is 10.6 Å². The van der Waals surface area contributed by atoms with Crippen LogP contribution in [0, 0.1) is 0 Å². The number of amides is 3. The van der Waals surface area contributed by atoms with Crippen LogP contribution in [-0.2, 0) is 11.3 Å². The van der Waals surface area contributed by atoms with E-state index in [9.17, 15) is 9.59 Å². The third-order valence-electron chi connectivity index (χ3n) is 3.17. The molecular formula is C17H18ClN3O2S. The van der Waals surface area contributed by atoms with Crippen molar-refractivity contribution in [2.75, 3.05) is 5.32 Å². The number of hydrogen-bond acceptors (Lipinski definition) is 3. The summed E-state index contributed by atoms with van der Waals surface area (Å²) in [5.74, 6) is -0.0896. The number of hydrogen-bond donors (Lipinski definition) is 3. The Morgan fingerprint density at radius 3 is 2.67 bits per heavy atom. The van der Waals surface area contributed by atoms with Crippen LogP contribution in [0.2, 0.25) is 5.02 Å². The molecule has 2 rings (SSSR count). The molecule has 0 heterocycles. The van der Waals surface area contributed by atoms with Gasteiger partial charge in [-0.15, -0.1) is 11.8 Å². The highest BCUT2D eigenvalue weighted by Crippen LogP contribution is 2.30. The van der Waals surface area contributed by atoms with Crippen LogP contribution < -0.4 is 16.4 Å². The number of primary amides is 1. The quantitative estimate of drug-likeness (QED) is 0.685. The van der Waals surface area contributed by atoms with Crippen molar-refractivity contribution in [3.8, 4) is 0 Å². The molecule has 0 aliphatic heterocycles. The number of urea groups is 1. The first-order chi connectivity index (χ1) is 11.5. The zero-order valence-corrected chi connectivity index (χ0v) is 14.7. The number of thioether (sulfide) groups is 1. The van der Waals surface area contributed by atoms with E-state index in [4.69, 9.17) is 17.3 Å². The Balaban J connectivity index is 1.90. The first kappa shape index (κ1) is 18.2. The smallest absolute Gasteiger partial charge is 0.316 e. The van der Waals surface area contributed by atoms with Gasteiger partial charge in [0.25, 0.3) is 0 Å². The van der Waals surface area contributed by atoms with Crippen molar-refractivity contribution in [1.29, 1.82) is 0 Å². The molecule has 24 heavy (non-hydrogen) atoms. The van der Waals surface area contributed by atoms with Crippen LogP contribution in [0.1, 0.15) is 12.5 Å². The van der Waals surface area contributed by atoms with Gasteiger partial charge in [0.1, 0.15) is 0 Å². The van der Waals surface area contributed by atoms with Crippen LogP contribution in [0.3, 0.4) is 0 Å². The fraction of sp³-hybridized carbons (Fsp3) is 0.176. The number of rotatable bonds is 6. The second-order valence-electron chi connectivity index (χ2n) is 5.10. The van der Waals surface area contributed by atoms with Gasteiger partial charge >= 0.3 is 6.03 Å². The largest absolute Gasteiger partial charge is 0.351 e. The van der Waals surface area contributed by atoms with E-state index in [0.29, 0.717) is 17.3 Å². The normalized spacial score (nSPS) is 11.6. The maximum absolute atomic E-state index is 12.2. The fourth-order valence-corrected chi connectivity index (χ4v) is 3.20. The summed E-state index contributed by atoms with van der Waals surface area (Å²) in [5, 5.41) is 5.73. The number of benzene rings is 2. The molecule has 0 aromatic heterocycles. The molecule has 7 heteroatoms. The molecule has 0 saturated carbocycles. The molecule has 4 N–H and O–H groups in total. The molecule has 0 radical (unpaired) electrons. The van der Waals surface area contributed by atoms with Gasteiger partial charge in [-0.25, -0.2) is 4.79 Å². The zero-order valence-electron chi connectivity index (χ0n) is 13.1. The monoisotopic (exact) mass is 363 g/mol. The summed E-state index contributed by atoms with van der Waals surface area (Å²) in [6.45, 7) is 2.19. The predicted molar refractivity (Wildman–Crippen MR) is 98.3 cm³/mol. The van der Waals surface area contributed by atoms with Crippen molar-refractivity contribution in [2.45, 2.75) is 23.6 Å². The SMILES string of the molecule is CC(Sc1ccccc1Cl)C(=O)NCc1cccc(NC(N)=O)c1. The van der Waals surface area contributed by atoms with E-state index >= 15 is 0 Å². The second kappa shape index (κ2) is 8.61. The lowest BCUT2D eigenvalue weighted by molar-refractivity contribution is -0.120. The van der Waals surface area contributed by atoms with Crippen LogP contribution >= 0.6 is 23.4 Å². The number of halogens is 1. The summed E-state index contributed by atoms with van der Waals surface area (Å²) in [4.78, 5) is 24.0. The van der Waals surface area contributed by atoms with Gasteiger partial charge in [-0.05, 0) is 36.8 Å². The van der Waals surface area contributed by atoms with E-state index in [1.54, 1.807) is 24.3 Å². The minimum atomic E-state index is -0.624. The Morgan fingerprint density at radius 1 is 1.21 bits per heavy atom. The highest BCUT2D eigenvalue weighted by atomic mass is 35.5. The Bertz CT molecular complexity index is 739. The molecule has 0 aliphatic carbocycles. The first-order valence-corrected chi connectivity index (χ1v) is 8.56. The number of carbonyl (C=O) groups excluding carboxylic acids is 2. The summed E-state index contributed by atoms with van der Waals surface area (Å²) in [6, 6.07) is 13.9. The summed E-state index contributed by atoms with van der Waals surface area (Å²) < 4.78 is 0. The average Bonchev–Trinajstić information content (AvgIpc) is 2.54. The van der Waals surface area contributed by atoms with E-state index < -0.39 is 6.03 Å². The van der Waals surface area contributed by atoms with Gasteiger partial charge in [0.05, 0.1) is 10.3 Å². The molecule has 5 nitrogen and oxygen atoms in total. The van der Waals surface area contributed by atoms with Crippen molar-refractivity contribution in [2.24, 2.45) is 5.73 Å². The molecule has 2 aromatic rings. The van der Waals surface area contributed by atoms with Crippen molar-refractivity contribution < 1.29 is 9.59 Å². The third-order valence-corrected chi connectivity index (χ3v) is 4.79. The summed E-state index contributed by atoms with van der Waals surface area (Å²) in [7, 11) is 0. The third kappa shape index (κ3) is 5.47. The summed E-state index contributed by atoms with van der Waals surface area (Å²) in [6.07, 6.45) is 0. The van der Waals surface area contributed by atoms with Gasteiger partial charge in [0, 0.05) is 17.1 Å². The van der Waals surface area contributed by atoms with Gasteiger partial charge in [-0.2, -0.15) is 0 Å². The predicted octanol–water partition coefficient (Wildman–Crippen LogP) is 3.63. The van der Waals surface area contributed by atoms with Gasteiger partial charge < -0.3 is 16.4 Å². The minimum absolute atomic E-state index is 0.0896. The molecule has 1 atom stereocenters. The van der Waals surface area contributed by atoms with E-state index in [1.807, 2.05) is 31.2 Å². The molecule has 1 unspecified atom stereocenters. The lowest BCUT2D eigenvalue weighted by Crippen LogP contribution is -2.30. The molecule has 0 aliphatic rings. The van der Waals surface area contributed by atoms with Gasteiger partial charge in [0.2, 0.25) is 5.91 Å². The Labute approximate surface area is 150 Å². The summed E-state index contributed by atoms with van der Waals surface area (Å²) >= 11 is 7.52. The first-order valence-electron chi connectivity index (χ1n) is 7.30. The molecule has 0 fully saturated rings. The van der Waals surface area contributed by atoms with Crippen molar-refractivity contribution >= 4 is 41.0 Å². The van der Waals surface area contributed by atoms with Crippen molar-refractivity contribution in [3.63, 3.8) is 0 Å². The maximum atomic E-state index is 12.2. The number of carbonyl (C=O) groups is 2. The topological polar surface area (TPSA) is 84.2 Å². The number of anilines is 1. The number of nitrogens with two attached hydrogens (primary N) is 1. The number of nitrogens with one attached hydrogen (secondary N) is 2. The van der Waals surface area contributed by atoms with Gasteiger partial charge in [0.15, 0.2) is 0 Å². The van der Waals surface area contributed by atoms with E-state index in [-0.39, 0.29) is 11.2 Å². The standard InChI is InChI=1S/C17H18ClN3O2S/c1-11(24-15-8-3-2-7-14(15)18)16(22)20-10-12-5-4-6-13(9-12)21-17(19)23/h2-9,11H,10H2,1H3,(H,20,22)(H3,19,21,23). The molecule has 0 spiro atoms. The van der Waals surface area contributed by atoms with E-state index in [0.717, 1.165) is 10.5 Å². The van der Waals surface area contributed by atoms with Crippen LogP contribution in [0.5, 0.6) is 0 Å².